The minimum Gasteiger partial charge on any atom is -0.545 e. The second-order valence-corrected chi connectivity index (χ2v) is 3.87. The number of esters is 1. The third-order valence-corrected chi connectivity index (χ3v) is 2.49. The number of ether oxygens (including phenoxy) is 1. The molecule has 1 aromatic rings. The van der Waals surface area contributed by atoms with E-state index in [9.17, 15) is 24.6 Å². The summed E-state index contributed by atoms with van der Waals surface area (Å²) < 4.78 is 4.99. The van der Waals surface area contributed by atoms with E-state index in [1.807, 2.05) is 0 Å². The highest BCUT2D eigenvalue weighted by molar-refractivity contribution is 5.95. The van der Waals surface area contributed by atoms with Gasteiger partial charge in [0.1, 0.15) is 6.10 Å². The maximum atomic E-state index is 11.8. The lowest BCUT2D eigenvalue weighted by Crippen LogP contribution is -2.35. The lowest BCUT2D eigenvalue weighted by molar-refractivity contribution is -0.303. The molecule has 0 aliphatic rings. The van der Waals surface area contributed by atoms with Crippen LogP contribution >= 0.6 is 0 Å². The zero-order valence-corrected chi connectivity index (χ0v) is 10.7. The number of benzene rings is 1. The predicted octanol–water partition coefficient (Wildman–Crippen LogP) is -0.952. The quantitative estimate of drug-likeness (QED) is 0.489. The Bertz CT molecular complexity index is 532. The monoisotopic (exact) mass is 276 g/mol. The third-order valence-electron chi connectivity index (χ3n) is 2.49. The van der Waals surface area contributed by atoms with E-state index in [2.05, 4.69) is 0 Å². The summed E-state index contributed by atoms with van der Waals surface area (Å²) in [5.41, 5.74) is -0.408. The lowest BCUT2D eigenvalue weighted by Gasteiger charge is -2.20. The molecule has 1 aromatic carbocycles. The Balaban J connectivity index is 2.93. The first kappa shape index (κ1) is 15.4. The highest BCUT2D eigenvalue weighted by Crippen LogP contribution is 2.13. The zero-order chi connectivity index (χ0) is 15.1. The summed E-state index contributed by atoms with van der Waals surface area (Å²) in [5.74, 6) is -4.16. The maximum absolute atomic E-state index is 11.8. The first-order valence-electron chi connectivity index (χ1n) is 5.85. The van der Waals surface area contributed by atoms with Crippen LogP contribution in [0, 0.1) is 0 Å². The van der Waals surface area contributed by atoms with E-state index >= 15 is 0 Å². The summed E-state index contributed by atoms with van der Waals surface area (Å²) >= 11 is 0. The number of carbonyl (C=O) groups excluding carboxylic acids is 3. The zero-order valence-electron chi connectivity index (χ0n) is 10.7. The van der Waals surface area contributed by atoms with Gasteiger partial charge in [0, 0.05) is 5.57 Å². The normalized spacial score (nSPS) is 12.6. The molecule has 0 spiro atoms. The first-order chi connectivity index (χ1) is 9.45. The Morgan fingerprint density at radius 3 is 2.25 bits per heavy atom. The molecule has 6 nitrogen and oxygen atoms in total. The minimum atomic E-state index is -1.72. The van der Waals surface area contributed by atoms with Gasteiger partial charge in [0.05, 0.1) is 17.5 Å². The van der Waals surface area contributed by atoms with Gasteiger partial charge in [-0.1, -0.05) is 25.1 Å². The van der Waals surface area contributed by atoms with Crippen LogP contribution in [0.1, 0.15) is 23.7 Å². The third kappa shape index (κ3) is 4.24. The van der Waals surface area contributed by atoms with Crippen molar-refractivity contribution in [1.29, 1.82) is 0 Å². The van der Waals surface area contributed by atoms with Crippen molar-refractivity contribution in [2.24, 2.45) is 0 Å². The van der Waals surface area contributed by atoms with E-state index < -0.39 is 29.6 Å². The van der Waals surface area contributed by atoms with Crippen LogP contribution in [0.25, 0.3) is 0 Å². The Hall–Kier alpha value is -2.63. The van der Waals surface area contributed by atoms with Crippen LogP contribution in [0.2, 0.25) is 0 Å². The molecule has 6 heteroatoms. The maximum Gasteiger partial charge on any atom is 0.338 e. The lowest BCUT2D eigenvalue weighted by atomic mass is 10.1. The van der Waals surface area contributed by atoms with Crippen molar-refractivity contribution in [3.8, 4) is 0 Å². The summed E-state index contributed by atoms with van der Waals surface area (Å²) in [6.45, 7) is 1.55. The van der Waals surface area contributed by atoms with Crippen molar-refractivity contribution >= 4 is 17.9 Å². The minimum absolute atomic E-state index is 0.0890. The van der Waals surface area contributed by atoms with Gasteiger partial charge in [-0.15, -0.1) is 0 Å². The Morgan fingerprint density at radius 1 is 1.20 bits per heavy atom. The van der Waals surface area contributed by atoms with E-state index in [1.54, 1.807) is 25.1 Å². The van der Waals surface area contributed by atoms with E-state index in [0.717, 1.165) is 0 Å². The van der Waals surface area contributed by atoms with Crippen molar-refractivity contribution < 1.29 is 29.3 Å². The molecular weight excluding hydrogens is 264 g/mol. The molecule has 0 aliphatic heterocycles. The standard InChI is InChI=1S/C14H14O6/c1-2-11(10(13(17)18)8-12(15)16)20-14(19)9-6-4-3-5-7-9/h3-8,11H,2H2,1H3,(H,15,16)(H,17,18)/p-2/b10-8-. The van der Waals surface area contributed by atoms with Crippen LogP contribution in [0.3, 0.4) is 0 Å². The van der Waals surface area contributed by atoms with Gasteiger partial charge in [0.25, 0.3) is 0 Å². The van der Waals surface area contributed by atoms with Gasteiger partial charge in [-0.05, 0) is 24.6 Å². The van der Waals surface area contributed by atoms with E-state index in [0.29, 0.717) is 6.08 Å². The van der Waals surface area contributed by atoms with Gasteiger partial charge in [0.15, 0.2) is 0 Å². The summed E-state index contributed by atoms with van der Waals surface area (Å²) in [4.78, 5) is 33.2. The summed E-state index contributed by atoms with van der Waals surface area (Å²) in [6, 6.07) is 7.94. The molecule has 0 fully saturated rings. The van der Waals surface area contributed by atoms with Crippen molar-refractivity contribution in [3.63, 3.8) is 0 Å². The number of rotatable bonds is 6. The summed E-state index contributed by atoms with van der Waals surface area (Å²) in [6.07, 6.45) is -0.765. The van der Waals surface area contributed by atoms with Crippen LogP contribution in [0.5, 0.6) is 0 Å². The molecule has 0 saturated heterocycles. The van der Waals surface area contributed by atoms with Gasteiger partial charge >= 0.3 is 5.97 Å². The predicted molar refractivity (Wildman–Crippen MR) is 64.0 cm³/mol. The molecule has 106 valence electrons. The molecule has 1 atom stereocenters. The molecule has 0 bridgehead atoms. The van der Waals surface area contributed by atoms with Crippen LogP contribution in [0.15, 0.2) is 42.0 Å². The van der Waals surface area contributed by atoms with E-state index in [4.69, 9.17) is 4.74 Å². The molecule has 0 aliphatic carbocycles. The Labute approximate surface area is 115 Å². The molecule has 0 radical (unpaired) electrons. The molecule has 0 aromatic heterocycles. The van der Waals surface area contributed by atoms with Gasteiger partial charge in [0.2, 0.25) is 0 Å². The molecule has 1 rings (SSSR count). The average molecular weight is 276 g/mol. The van der Waals surface area contributed by atoms with Crippen molar-refractivity contribution in [2.75, 3.05) is 0 Å². The topological polar surface area (TPSA) is 107 Å². The smallest absolute Gasteiger partial charge is 0.338 e. The second-order valence-electron chi connectivity index (χ2n) is 3.87. The SMILES string of the molecule is CCC(OC(=O)c1ccccc1)/C(=C/C(=O)[O-])C(=O)[O-]. The molecule has 20 heavy (non-hydrogen) atoms. The van der Waals surface area contributed by atoms with Gasteiger partial charge in [-0.2, -0.15) is 0 Å². The number of hydrogen-bond acceptors (Lipinski definition) is 6. The first-order valence-corrected chi connectivity index (χ1v) is 5.85. The molecule has 0 saturated carbocycles. The fourth-order valence-corrected chi connectivity index (χ4v) is 1.55. The fourth-order valence-electron chi connectivity index (χ4n) is 1.55. The molecule has 1 unspecified atom stereocenters. The largest absolute Gasteiger partial charge is 0.545 e. The van der Waals surface area contributed by atoms with Crippen LogP contribution in [-0.2, 0) is 14.3 Å². The van der Waals surface area contributed by atoms with E-state index in [-0.39, 0.29) is 12.0 Å². The molecule has 0 heterocycles. The highest BCUT2D eigenvalue weighted by atomic mass is 16.5. The highest BCUT2D eigenvalue weighted by Gasteiger charge is 2.19. The number of carbonyl (C=O) groups is 3. The van der Waals surface area contributed by atoms with Crippen LogP contribution < -0.4 is 10.2 Å². The van der Waals surface area contributed by atoms with Crippen LogP contribution in [0.4, 0.5) is 0 Å². The van der Waals surface area contributed by atoms with Crippen molar-refractivity contribution in [3.05, 3.63) is 47.5 Å². The van der Waals surface area contributed by atoms with Crippen molar-refractivity contribution in [2.45, 2.75) is 19.4 Å². The van der Waals surface area contributed by atoms with Crippen molar-refractivity contribution in [1.82, 2.24) is 0 Å². The number of carboxylic acid groups (broad SMARTS) is 2. The van der Waals surface area contributed by atoms with Gasteiger partial charge in [-0.3, -0.25) is 0 Å². The number of aliphatic carboxylic acids is 2. The Kier molecular flexibility index (Phi) is 5.46. The molecule has 0 amide bonds. The molecular formula is C14H12O6-2. The molecule has 0 N–H and O–H groups in total. The fraction of sp³-hybridized carbons (Fsp3) is 0.214. The summed E-state index contributed by atoms with van der Waals surface area (Å²) in [7, 11) is 0. The number of carboxylic acids is 2. The summed E-state index contributed by atoms with van der Waals surface area (Å²) in [5, 5.41) is 21.4. The average Bonchev–Trinajstić information content (AvgIpc) is 2.42. The van der Waals surface area contributed by atoms with Crippen LogP contribution in [-0.4, -0.2) is 24.0 Å². The van der Waals surface area contributed by atoms with E-state index in [1.165, 1.54) is 12.1 Å². The Morgan fingerprint density at radius 2 is 1.80 bits per heavy atom. The number of hydrogen-bond donors (Lipinski definition) is 0. The van der Waals surface area contributed by atoms with Gasteiger partial charge < -0.3 is 24.5 Å². The second kappa shape index (κ2) is 7.08. The van der Waals surface area contributed by atoms with Gasteiger partial charge in [-0.25, -0.2) is 4.79 Å².